The number of pyridine rings is 1. The van der Waals surface area contributed by atoms with Gasteiger partial charge < -0.3 is 20.6 Å². The molecule has 1 aromatic rings. The molecule has 108 valence electrons. The summed E-state index contributed by atoms with van der Waals surface area (Å²) in [5, 5.41) is 17.0. The summed E-state index contributed by atoms with van der Waals surface area (Å²) in [5.41, 5.74) is -0.881. The fourth-order valence-corrected chi connectivity index (χ4v) is 2.30. The summed E-state index contributed by atoms with van der Waals surface area (Å²) in [7, 11) is 5.54. The summed E-state index contributed by atoms with van der Waals surface area (Å²) in [4.78, 5) is 6.18. The van der Waals surface area contributed by atoms with Crippen molar-refractivity contribution in [3.8, 4) is 0 Å². The molecule has 0 aromatic carbocycles. The Balaban J connectivity index is 2.77. The molecule has 0 fully saturated rings. The van der Waals surface area contributed by atoms with E-state index >= 15 is 0 Å². The Kier molecular flexibility index (Phi) is 5.67. The SMILES string of the molecule is CNc1nc(NCC(C)(O)CN(C)C)c(Cl)cc1Cl. The highest BCUT2D eigenvalue weighted by Gasteiger charge is 2.22. The molecule has 0 amide bonds. The maximum atomic E-state index is 10.2. The first kappa shape index (κ1) is 16.3. The third-order valence-electron chi connectivity index (χ3n) is 2.46. The number of hydrogen-bond donors (Lipinski definition) is 3. The predicted molar refractivity (Wildman–Crippen MR) is 81.5 cm³/mol. The second-order valence-corrected chi connectivity index (χ2v) is 5.80. The molecule has 0 saturated carbocycles. The summed E-state index contributed by atoms with van der Waals surface area (Å²) < 4.78 is 0. The molecule has 0 aliphatic heterocycles. The smallest absolute Gasteiger partial charge is 0.147 e. The highest BCUT2D eigenvalue weighted by atomic mass is 35.5. The number of aliphatic hydroxyl groups is 1. The second kappa shape index (κ2) is 6.61. The minimum Gasteiger partial charge on any atom is -0.387 e. The number of anilines is 2. The van der Waals surface area contributed by atoms with E-state index < -0.39 is 5.60 Å². The third-order valence-corrected chi connectivity index (χ3v) is 3.04. The van der Waals surface area contributed by atoms with Crippen molar-refractivity contribution in [1.29, 1.82) is 0 Å². The van der Waals surface area contributed by atoms with E-state index in [0.29, 0.717) is 34.8 Å². The molecule has 1 atom stereocenters. The van der Waals surface area contributed by atoms with Crippen LogP contribution < -0.4 is 10.6 Å². The van der Waals surface area contributed by atoms with Crippen molar-refractivity contribution in [3.63, 3.8) is 0 Å². The summed E-state index contributed by atoms with van der Waals surface area (Å²) >= 11 is 12.0. The van der Waals surface area contributed by atoms with Crippen LogP contribution in [0.3, 0.4) is 0 Å². The lowest BCUT2D eigenvalue weighted by molar-refractivity contribution is 0.0459. The van der Waals surface area contributed by atoms with Crippen molar-refractivity contribution in [2.75, 3.05) is 44.9 Å². The van der Waals surface area contributed by atoms with Gasteiger partial charge in [-0.2, -0.15) is 0 Å². The van der Waals surface area contributed by atoms with E-state index in [1.54, 1.807) is 20.0 Å². The van der Waals surface area contributed by atoms with Crippen LogP contribution in [0.15, 0.2) is 6.07 Å². The molecule has 1 aromatic heterocycles. The molecular weight excluding hydrogens is 287 g/mol. The van der Waals surface area contributed by atoms with Crippen molar-refractivity contribution >= 4 is 34.8 Å². The van der Waals surface area contributed by atoms with Crippen LogP contribution in [0.1, 0.15) is 6.92 Å². The molecule has 5 nitrogen and oxygen atoms in total. The van der Waals surface area contributed by atoms with Gasteiger partial charge in [0.2, 0.25) is 0 Å². The summed E-state index contributed by atoms with van der Waals surface area (Å²) in [6, 6.07) is 1.62. The Morgan fingerprint density at radius 3 is 2.42 bits per heavy atom. The number of rotatable bonds is 6. The van der Waals surface area contributed by atoms with Crippen LogP contribution in [0.4, 0.5) is 11.6 Å². The van der Waals surface area contributed by atoms with Crippen molar-refractivity contribution in [2.24, 2.45) is 0 Å². The minimum atomic E-state index is -0.881. The lowest BCUT2D eigenvalue weighted by Gasteiger charge is -2.27. The predicted octanol–water partition coefficient (Wildman–Crippen LogP) is 2.15. The molecule has 0 saturated heterocycles. The van der Waals surface area contributed by atoms with Crippen LogP contribution >= 0.6 is 23.2 Å². The molecule has 0 aliphatic carbocycles. The molecule has 7 heteroatoms. The fourth-order valence-electron chi connectivity index (χ4n) is 1.78. The highest BCUT2D eigenvalue weighted by molar-refractivity contribution is 6.37. The zero-order chi connectivity index (χ0) is 14.6. The van der Waals surface area contributed by atoms with Crippen LogP contribution in [0.25, 0.3) is 0 Å². The van der Waals surface area contributed by atoms with Gasteiger partial charge in [-0.15, -0.1) is 0 Å². The van der Waals surface area contributed by atoms with E-state index in [-0.39, 0.29) is 0 Å². The quantitative estimate of drug-likeness (QED) is 0.752. The molecule has 1 unspecified atom stereocenters. The molecule has 1 rings (SSSR count). The molecule has 0 aliphatic rings. The third kappa shape index (κ3) is 5.03. The molecule has 0 spiro atoms. The van der Waals surface area contributed by atoms with Crippen LogP contribution in [0.5, 0.6) is 0 Å². The molecule has 1 heterocycles. The van der Waals surface area contributed by atoms with E-state index in [1.165, 1.54) is 0 Å². The second-order valence-electron chi connectivity index (χ2n) is 4.99. The van der Waals surface area contributed by atoms with Gasteiger partial charge in [-0.05, 0) is 27.1 Å². The Hall–Kier alpha value is -0.750. The lowest BCUT2D eigenvalue weighted by Crippen LogP contribution is -2.43. The first-order chi connectivity index (χ1) is 8.75. The molecule has 0 bridgehead atoms. The number of likely N-dealkylation sites (N-methyl/N-ethyl adjacent to an activating group) is 1. The summed E-state index contributed by atoms with van der Waals surface area (Å²) in [6.07, 6.45) is 0. The number of nitrogens with zero attached hydrogens (tertiary/aromatic N) is 2. The van der Waals surface area contributed by atoms with Crippen molar-refractivity contribution in [1.82, 2.24) is 9.88 Å². The van der Waals surface area contributed by atoms with Crippen LogP contribution in [0.2, 0.25) is 10.0 Å². The Morgan fingerprint density at radius 2 is 1.89 bits per heavy atom. The number of nitrogens with one attached hydrogen (secondary N) is 2. The largest absolute Gasteiger partial charge is 0.387 e. The van der Waals surface area contributed by atoms with Gasteiger partial charge in [-0.3, -0.25) is 0 Å². The van der Waals surface area contributed by atoms with E-state index in [9.17, 15) is 5.11 Å². The monoisotopic (exact) mass is 306 g/mol. The van der Waals surface area contributed by atoms with Gasteiger partial charge in [0.1, 0.15) is 11.6 Å². The van der Waals surface area contributed by atoms with Gasteiger partial charge in [0.25, 0.3) is 0 Å². The first-order valence-electron chi connectivity index (χ1n) is 5.90. The summed E-state index contributed by atoms with van der Waals surface area (Å²) in [6.45, 7) is 2.62. The normalized spacial score (nSPS) is 14.3. The molecule has 0 radical (unpaired) electrons. The van der Waals surface area contributed by atoms with Gasteiger partial charge >= 0.3 is 0 Å². The van der Waals surface area contributed by atoms with Crippen molar-refractivity contribution in [3.05, 3.63) is 16.1 Å². The highest BCUT2D eigenvalue weighted by Crippen LogP contribution is 2.29. The number of aromatic nitrogens is 1. The van der Waals surface area contributed by atoms with Crippen molar-refractivity contribution < 1.29 is 5.11 Å². The van der Waals surface area contributed by atoms with E-state index in [1.807, 2.05) is 19.0 Å². The average molecular weight is 307 g/mol. The van der Waals surface area contributed by atoms with Crippen LogP contribution in [-0.2, 0) is 0 Å². The van der Waals surface area contributed by atoms with Crippen molar-refractivity contribution in [2.45, 2.75) is 12.5 Å². The van der Waals surface area contributed by atoms with Crippen LogP contribution in [-0.4, -0.2) is 54.8 Å². The molecule has 19 heavy (non-hydrogen) atoms. The van der Waals surface area contributed by atoms with Gasteiger partial charge in [0.05, 0.1) is 15.6 Å². The minimum absolute atomic E-state index is 0.336. The summed E-state index contributed by atoms with van der Waals surface area (Å²) in [5.74, 6) is 1.04. The van der Waals surface area contributed by atoms with E-state index in [0.717, 1.165) is 0 Å². The zero-order valence-corrected chi connectivity index (χ0v) is 13.1. The molecular formula is C12H20Cl2N4O. The van der Waals surface area contributed by atoms with Gasteiger partial charge in [0.15, 0.2) is 0 Å². The number of halogens is 2. The van der Waals surface area contributed by atoms with E-state index in [2.05, 4.69) is 15.6 Å². The first-order valence-corrected chi connectivity index (χ1v) is 6.65. The Labute approximate surface area is 123 Å². The Bertz CT molecular complexity index is 438. The van der Waals surface area contributed by atoms with Gasteiger partial charge in [-0.25, -0.2) is 4.98 Å². The van der Waals surface area contributed by atoms with E-state index in [4.69, 9.17) is 23.2 Å². The maximum Gasteiger partial charge on any atom is 0.147 e. The van der Waals surface area contributed by atoms with Crippen LogP contribution in [0, 0.1) is 0 Å². The lowest BCUT2D eigenvalue weighted by atomic mass is 10.1. The zero-order valence-electron chi connectivity index (χ0n) is 11.6. The fraction of sp³-hybridized carbons (Fsp3) is 0.583. The topological polar surface area (TPSA) is 60.4 Å². The van der Waals surface area contributed by atoms with Gasteiger partial charge in [-0.1, -0.05) is 23.2 Å². The standard InChI is InChI=1S/C12H20Cl2N4O/c1-12(19,7-18(3)4)6-16-11-9(14)5-8(13)10(15-2)17-11/h5,19H,6-7H2,1-4H3,(H2,15,16,17). The Morgan fingerprint density at radius 1 is 1.32 bits per heavy atom. The van der Waals surface area contributed by atoms with Gasteiger partial charge in [0, 0.05) is 20.1 Å². The maximum absolute atomic E-state index is 10.2. The molecule has 3 N–H and O–H groups in total. The average Bonchev–Trinajstić information content (AvgIpc) is 2.26. The number of hydrogen-bond acceptors (Lipinski definition) is 5.